The van der Waals surface area contributed by atoms with E-state index in [1.54, 1.807) is 0 Å². The highest BCUT2D eigenvalue weighted by Crippen LogP contribution is 2.15. The number of carboxylic acid groups (broad SMARTS) is 1. The first-order chi connectivity index (χ1) is 6.13. The van der Waals surface area contributed by atoms with Crippen LogP contribution in [0.3, 0.4) is 0 Å². The van der Waals surface area contributed by atoms with Crippen LogP contribution >= 0.6 is 11.6 Å². The molecular weight excluding hydrogens is 196 g/mol. The summed E-state index contributed by atoms with van der Waals surface area (Å²) in [4.78, 5) is 24.3. The van der Waals surface area contributed by atoms with Gasteiger partial charge in [-0.05, 0) is 6.07 Å². The van der Waals surface area contributed by atoms with Crippen molar-refractivity contribution in [2.75, 3.05) is 5.32 Å². The molecule has 5 nitrogen and oxygen atoms in total. The van der Waals surface area contributed by atoms with Gasteiger partial charge in [0.2, 0.25) is 0 Å². The van der Waals surface area contributed by atoms with Gasteiger partial charge in [-0.25, -0.2) is 9.78 Å². The number of pyridine rings is 1. The maximum absolute atomic E-state index is 10.4. The fraction of sp³-hybridized carbons (Fsp3) is 0. The van der Waals surface area contributed by atoms with Crippen LogP contribution in [0.5, 0.6) is 0 Å². The lowest BCUT2D eigenvalue weighted by molar-refractivity contribution is 0.112. The van der Waals surface area contributed by atoms with E-state index in [9.17, 15) is 9.59 Å². The van der Waals surface area contributed by atoms with E-state index >= 15 is 0 Å². The van der Waals surface area contributed by atoms with Gasteiger partial charge in [0.25, 0.3) is 0 Å². The number of hydrogen-bond donors (Lipinski definition) is 2. The number of aldehydes is 1. The van der Waals surface area contributed by atoms with E-state index in [-0.39, 0.29) is 16.4 Å². The molecule has 1 heterocycles. The lowest BCUT2D eigenvalue weighted by Gasteiger charge is -2.02. The van der Waals surface area contributed by atoms with Crippen LogP contribution < -0.4 is 5.32 Å². The van der Waals surface area contributed by atoms with E-state index in [1.807, 2.05) is 5.32 Å². The van der Waals surface area contributed by atoms with Crippen LogP contribution in [0.2, 0.25) is 5.15 Å². The molecule has 2 N–H and O–H groups in total. The molecule has 1 rings (SSSR count). The third-order valence-corrected chi connectivity index (χ3v) is 1.48. The number of nitrogens with one attached hydrogen (secondary N) is 1. The molecule has 0 aromatic carbocycles. The molecule has 0 saturated heterocycles. The first-order valence-electron chi connectivity index (χ1n) is 3.24. The number of rotatable bonds is 2. The van der Waals surface area contributed by atoms with Gasteiger partial charge < -0.3 is 5.11 Å². The van der Waals surface area contributed by atoms with E-state index < -0.39 is 6.09 Å². The molecule has 0 spiro atoms. The normalized spacial score (nSPS) is 9.31. The summed E-state index contributed by atoms with van der Waals surface area (Å²) in [6.45, 7) is 0. The summed E-state index contributed by atoms with van der Waals surface area (Å²) in [7, 11) is 0. The number of aromatic nitrogens is 1. The SMILES string of the molecule is O=Cc1cc(Cl)ncc1NC(=O)O. The van der Waals surface area contributed by atoms with Crippen molar-refractivity contribution in [2.45, 2.75) is 0 Å². The van der Waals surface area contributed by atoms with Crippen molar-refractivity contribution < 1.29 is 14.7 Å². The van der Waals surface area contributed by atoms with Crippen LogP contribution in [0.1, 0.15) is 10.4 Å². The average molecular weight is 201 g/mol. The largest absolute Gasteiger partial charge is 0.465 e. The van der Waals surface area contributed by atoms with Gasteiger partial charge in [-0.15, -0.1) is 0 Å². The van der Waals surface area contributed by atoms with Gasteiger partial charge in [-0.2, -0.15) is 0 Å². The molecule has 0 aliphatic carbocycles. The molecule has 0 aliphatic rings. The average Bonchev–Trinajstić information content (AvgIpc) is 2.07. The Labute approximate surface area is 78.4 Å². The van der Waals surface area contributed by atoms with Gasteiger partial charge in [0.1, 0.15) is 5.15 Å². The zero-order chi connectivity index (χ0) is 9.84. The predicted octanol–water partition coefficient (Wildman–Crippen LogP) is 1.64. The molecule has 0 atom stereocenters. The number of anilines is 1. The standard InChI is InChI=1S/C7H5ClN2O3/c8-6-1-4(3-11)5(2-9-6)10-7(12)13/h1-3,10H,(H,12,13). The van der Waals surface area contributed by atoms with Crippen molar-refractivity contribution in [1.82, 2.24) is 4.98 Å². The van der Waals surface area contributed by atoms with Gasteiger partial charge in [0.15, 0.2) is 6.29 Å². The second kappa shape index (κ2) is 3.86. The number of nitrogens with zero attached hydrogens (tertiary/aromatic N) is 1. The van der Waals surface area contributed by atoms with Crippen LogP contribution in [-0.4, -0.2) is 22.5 Å². The van der Waals surface area contributed by atoms with Crippen LogP contribution in [0.4, 0.5) is 10.5 Å². The van der Waals surface area contributed by atoms with Gasteiger partial charge >= 0.3 is 6.09 Å². The third kappa shape index (κ3) is 2.41. The lowest BCUT2D eigenvalue weighted by Crippen LogP contribution is -2.09. The topological polar surface area (TPSA) is 79.3 Å². The van der Waals surface area contributed by atoms with Crippen LogP contribution in [0.25, 0.3) is 0 Å². The number of halogens is 1. The van der Waals surface area contributed by atoms with Crippen LogP contribution in [-0.2, 0) is 0 Å². The molecule has 1 aromatic rings. The first-order valence-corrected chi connectivity index (χ1v) is 3.62. The summed E-state index contributed by atoms with van der Waals surface area (Å²) in [6, 6.07) is 1.28. The molecule has 1 aromatic heterocycles. The molecule has 0 aliphatic heterocycles. The summed E-state index contributed by atoms with van der Waals surface area (Å²) in [6.07, 6.45) is 0.422. The number of carbonyl (C=O) groups is 2. The lowest BCUT2D eigenvalue weighted by atomic mass is 10.2. The summed E-state index contributed by atoms with van der Waals surface area (Å²) in [5.41, 5.74) is 0.273. The molecule has 0 radical (unpaired) electrons. The van der Waals surface area contributed by atoms with E-state index in [4.69, 9.17) is 16.7 Å². The Morgan fingerprint density at radius 3 is 2.92 bits per heavy atom. The van der Waals surface area contributed by atoms with E-state index in [1.165, 1.54) is 12.3 Å². The van der Waals surface area contributed by atoms with Gasteiger partial charge in [0.05, 0.1) is 11.9 Å². The van der Waals surface area contributed by atoms with Gasteiger partial charge in [-0.1, -0.05) is 11.6 Å². The summed E-state index contributed by atoms with van der Waals surface area (Å²) in [5, 5.41) is 10.5. The Balaban J connectivity index is 3.05. The summed E-state index contributed by atoms with van der Waals surface area (Å²) in [5.74, 6) is 0. The molecule has 0 unspecified atom stereocenters. The minimum Gasteiger partial charge on any atom is -0.465 e. The minimum atomic E-state index is -1.26. The van der Waals surface area contributed by atoms with E-state index in [0.29, 0.717) is 6.29 Å². The van der Waals surface area contributed by atoms with Crippen molar-refractivity contribution in [3.8, 4) is 0 Å². The van der Waals surface area contributed by atoms with Crippen LogP contribution in [0, 0.1) is 0 Å². The smallest absolute Gasteiger partial charge is 0.409 e. The molecule has 0 fully saturated rings. The number of carbonyl (C=O) groups excluding carboxylic acids is 1. The highest BCUT2D eigenvalue weighted by molar-refractivity contribution is 6.29. The molecule has 6 heteroatoms. The first kappa shape index (κ1) is 9.47. The Morgan fingerprint density at radius 1 is 1.69 bits per heavy atom. The second-order valence-corrected chi connectivity index (χ2v) is 2.53. The Morgan fingerprint density at radius 2 is 2.38 bits per heavy atom. The third-order valence-electron chi connectivity index (χ3n) is 1.27. The zero-order valence-corrected chi connectivity index (χ0v) is 7.08. The maximum atomic E-state index is 10.4. The van der Waals surface area contributed by atoms with Crippen molar-refractivity contribution >= 4 is 29.7 Å². The molecule has 13 heavy (non-hydrogen) atoms. The maximum Gasteiger partial charge on any atom is 0.409 e. The molecule has 0 bridgehead atoms. The number of amides is 1. The number of hydrogen-bond acceptors (Lipinski definition) is 3. The van der Waals surface area contributed by atoms with E-state index in [0.717, 1.165) is 0 Å². The van der Waals surface area contributed by atoms with Crippen LogP contribution in [0.15, 0.2) is 12.3 Å². The minimum absolute atomic E-state index is 0.118. The monoisotopic (exact) mass is 200 g/mol. The molecular formula is C7H5ClN2O3. The quantitative estimate of drug-likeness (QED) is 0.562. The predicted molar refractivity (Wildman–Crippen MR) is 46.3 cm³/mol. The van der Waals surface area contributed by atoms with Crippen molar-refractivity contribution in [3.63, 3.8) is 0 Å². The highest BCUT2D eigenvalue weighted by Gasteiger charge is 2.05. The highest BCUT2D eigenvalue weighted by atomic mass is 35.5. The van der Waals surface area contributed by atoms with Crippen molar-refractivity contribution in [3.05, 3.63) is 23.0 Å². The van der Waals surface area contributed by atoms with Gasteiger partial charge in [0, 0.05) is 5.56 Å². The summed E-state index contributed by atoms with van der Waals surface area (Å²) >= 11 is 5.49. The summed E-state index contributed by atoms with van der Waals surface area (Å²) < 4.78 is 0. The fourth-order valence-corrected chi connectivity index (χ4v) is 0.928. The Hall–Kier alpha value is -1.62. The second-order valence-electron chi connectivity index (χ2n) is 2.14. The van der Waals surface area contributed by atoms with Crippen molar-refractivity contribution in [1.29, 1.82) is 0 Å². The fourth-order valence-electron chi connectivity index (χ4n) is 0.761. The Kier molecular flexibility index (Phi) is 2.81. The Bertz CT molecular complexity index is 354. The molecule has 1 amide bonds. The molecule has 68 valence electrons. The van der Waals surface area contributed by atoms with Crippen molar-refractivity contribution in [2.24, 2.45) is 0 Å². The molecule has 0 saturated carbocycles. The zero-order valence-electron chi connectivity index (χ0n) is 6.32. The van der Waals surface area contributed by atoms with E-state index in [2.05, 4.69) is 4.98 Å². The van der Waals surface area contributed by atoms with Gasteiger partial charge in [-0.3, -0.25) is 10.1 Å².